The second kappa shape index (κ2) is 7.48. The van der Waals surface area contributed by atoms with Crippen molar-refractivity contribution in [3.8, 4) is 5.75 Å². The molecule has 0 saturated heterocycles. The van der Waals surface area contributed by atoms with Gasteiger partial charge in [0.15, 0.2) is 6.79 Å². The number of rotatable bonds is 6. The summed E-state index contributed by atoms with van der Waals surface area (Å²) < 4.78 is 11.4. The number of benzene rings is 1. The molecule has 1 N–H and O–H groups in total. The molecule has 0 aliphatic heterocycles. The van der Waals surface area contributed by atoms with Crippen LogP contribution in [0.1, 0.15) is 12.5 Å². The van der Waals surface area contributed by atoms with Gasteiger partial charge in [-0.25, -0.2) is 0 Å². The van der Waals surface area contributed by atoms with Gasteiger partial charge in [-0.1, -0.05) is 27.6 Å². The van der Waals surface area contributed by atoms with Crippen molar-refractivity contribution < 1.29 is 14.6 Å². The minimum absolute atomic E-state index is 0.0856. The maximum Gasteiger partial charge on any atom is 0.188 e. The third kappa shape index (κ3) is 4.89. The van der Waals surface area contributed by atoms with Crippen LogP contribution in [0.5, 0.6) is 5.75 Å². The normalized spacial score (nSPS) is 11.6. The lowest BCUT2D eigenvalue weighted by Gasteiger charge is -2.10. The molecule has 0 unspecified atom stereocenters. The van der Waals surface area contributed by atoms with Gasteiger partial charge in [-0.05, 0) is 37.1 Å². The van der Waals surface area contributed by atoms with Gasteiger partial charge in [0.2, 0.25) is 0 Å². The maximum absolute atomic E-state index is 8.95. The molecule has 0 aliphatic rings. The van der Waals surface area contributed by atoms with E-state index in [1.807, 2.05) is 31.2 Å². The van der Waals surface area contributed by atoms with E-state index in [2.05, 4.69) is 15.9 Å². The van der Waals surface area contributed by atoms with E-state index in [0.717, 1.165) is 27.8 Å². The topological polar surface area (TPSA) is 38.7 Å². The summed E-state index contributed by atoms with van der Waals surface area (Å²) in [5.74, 6) is 0.803. The van der Waals surface area contributed by atoms with Crippen molar-refractivity contribution in [3.63, 3.8) is 0 Å². The van der Waals surface area contributed by atoms with E-state index < -0.39 is 0 Å². The molecule has 0 aliphatic carbocycles. The summed E-state index contributed by atoms with van der Waals surface area (Å²) >= 11 is 3.43. The Morgan fingerprint density at radius 2 is 2.24 bits per heavy atom. The fraction of sp³-hybridized carbons (Fsp3) is 0.385. The highest BCUT2D eigenvalue weighted by Gasteiger charge is 2.03. The van der Waals surface area contributed by atoms with Crippen LogP contribution in [0.2, 0.25) is 0 Å². The molecule has 1 aromatic rings. The zero-order chi connectivity index (χ0) is 12.7. The average molecular weight is 301 g/mol. The molecule has 0 saturated carbocycles. The lowest BCUT2D eigenvalue weighted by molar-refractivity contribution is 0.0505. The van der Waals surface area contributed by atoms with Gasteiger partial charge in [0.1, 0.15) is 5.75 Å². The Kier molecular flexibility index (Phi) is 6.26. The summed E-state index contributed by atoms with van der Waals surface area (Å²) in [6.45, 7) is 2.22. The lowest BCUT2D eigenvalue weighted by Crippen LogP contribution is -2.01. The monoisotopic (exact) mass is 300 g/mol. The standard InChI is InChI=1S/C13H17BrO3/c1-10(8-15)3-4-11-7-12(14)5-6-13(11)17-9-16-2/h3,5-7,15H,4,8-9H2,1-2H3. The maximum atomic E-state index is 8.95. The number of allylic oxidation sites excluding steroid dienone is 1. The summed E-state index contributed by atoms with van der Waals surface area (Å²) in [6, 6.07) is 5.84. The number of halogens is 1. The van der Waals surface area contributed by atoms with Gasteiger partial charge in [0, 0.05) is 11.6 Å². The molecule has 4 heteroatoms. The van der Waals surface area contributed by atoms with Crippen molar-refractivity contribution in [1.82, 2.24) is 0 Å². The molecular weight excluding hydrogens is 284 g/mol. The Bertz CT molecular complexity index is 388. The molecule has 0 fully saturated rings. The van der Waals surface area contributed by atoms with Crippen LogP contribution in [0.4, 0.5) is 0 Å². The van der Waals surface area contributed by atoms with Gasteiger partial charge < -0.3 is 14.6 Å². The molecule has 94 valence electrons. The van der Waals surface area contributed by atoms with Gasteiger partial charge in [0.25, 0.3) is 0 Å². The highest BCUT2D eigenvalue weighted by atomic mass is 79.9. The molecule has 0 bridgehead atoms. The minimum Gasteiger partial charge on any atom is -0.467 e. The van der Waals surface area contributed by atoms with Crippen molar-refractivity contribution in [3.05, 3.63) is 39.9 Å². The molecule has 3 nitrogen and oxygen atoms in total. The van der Waals surface area contributed by atoms with E-state index in [9.17, 15) is 0 Å². The molecule has 0 amide bonds. The third-order valence-corrected chi connectivity index (χ3v) is 2.77. The van der Waals surface area contributed by atoms with Crippen LogP contribution >= 0.6 is 15.9 Å². The Balaban J connectivity index is 2.83. The summed E-state index contributed by atoms with van der Waals surface area (Å²) in [7, 11) is 1.59. The molecular formula is C13H17BrO3. The van der Waals surface area contributed by atoms with Crippen molar-refractivity contribution in [2.24, 2.45) is 0 Å². The fourth-order valence-electron chi connectivity index (χ4n) is 1.32. The Morgan fingerprint density at radius 3 is 2.88 bits per heavy atom. The van der Waals surface area contributed by atoms with Gasteiger partial charge in [-0.15, -0.1) is 0 Å². The zero-order valence-corrected chi connectivity index (χ0v) is 11.7. The molecule has 17 heavy (non-hydrogen) atoms. The van der Waals surface area contributed by atoms with Crippen LogP contribution in [-0.2, 0) is 11.2 Å². The largest absolute Gasteiger partial charge is 0.467 e. The highest BCUT2D eigenvalue weighted by molar-refractivity contribution is 9.10. The van der Waals surface area contributed by atoms with Crippen LogP contribution in [0.3, 0.4) is 0 Å². The van der Waals surface area contributed by atoms with E-state index >= 15 is 0 Å². The van der Waals surface area contributed by atoms with Crippen molar-refractivity contribution in [1.29, 1.82) is 0 Å². The molecule has 1 aromatic carbocycles. The Labute approximate surface area is 110 Å². The predicted octanol–water partition coefficient (Wildman–Crippen LogP) is 2.91. The van der Waals surface area contributed by atoms with E-state index in [0.29, 0.717) is 0 Å². The quantitative estimate of drug-likeness (QED) is 0.648. The predicted molar refractivity (Wildman–Crippen MR) is 71.2 cm³/mol. The number of aliphatic hydroxyl groups is 1. The molecule has 0 aromatic heterocycles. The number of hydrogen-bond acceptors (Lipinski definition) is 3. The van der Waals surface area contributed by atoms with E-state index in [-0.39, 0.29) is 13.4 Å². The number of hydrogen-bond donors (Lipinski definition) is 1. The Hall–Kier alpha value is -0.840. The molecule has 1 rings (SSSR count). The van der Waals surface area contributed by atoms with Crippen LogP contribution in [0.25, 0.3) is 0 Å². The Morgan fingerprint density at radius 1 is 1.47 bits per heavy atom. The van der Waals surface area contributed by atoms with Gasteiger partial charge in [-0.3, -0.25) is 0 Å². The zero-order valence-electron chi connectivity index (χ0n) is 10.1. The second-order valence-electron chi connectivity index (χ2n) is 3.72. The van der Waals surface area contributed by atoms with Crippen LogP contribution < -0.4 is 4.74 Å². The molecule has 0 spiro atoms. The number of aliphatic hydroxyl groups excluding tert-OH is 1. The van der Waals surface area contributed by atoms with Gasteiger partial charge >= 0.3 is 0 Å². The molecule has 0 atom stereocenters. The van der Waals surface area contributed by atoms with Crippen LogP contribution in [0.15, 0.2) is 34.3 Å². The van der Waals surface area contributed by atoms with Crippen molar-refractivity contribution >= 4 is 15.9 Å². The summed E-state index contributed by atoms with van der Waals surface area (Å²) in [5.41, 5.74) is 2.01. The molecule has 0 heterocycles. The van der Waals surface area contributed by atoms with Crippen LogP contribution in [-0.4, -0.2) is 25.6 Å². The van der Waals surface area contributed by atoms with Crippen molar-refractivity contribution in [2.75, 3.05) is 20.5 Å². The summed E-state index contributed by atoms with van der Waals surface area (Å²) in [4.78, 5) is 0. The SMILES string of the molecule is COCOc1ccc(Br)cc1CC=C(C)CO. The fourth-order valence-corrected chi connectivity index (χ4v) is 1.73. The third-order valence-electron chi connectivity index (χ3n) is 2.27. The first-order valence-corrected chi connectivity index (χ1v) is 6.13. The first-order valence-electron chi connectivity index (χ1n) is 5.34. The van der Waals surface area contributed by atoms with Gasteiger partial charge in [-0.2, -0.15) is 0 Å². The first-order chi connectivity index (χ1) is 8.17. The lowest BCUT2D eigenvalue weighted by atomic mass is 10.1. The number of methoxy groups -OCH3 is 1. The smallest absolute Gasteiger partial charge is 0.188 e. The second-order valence-corrected chi connectivity index (χ2v) is 4.63. The highest BCUT2D eigenvalue weighted by Crippen LogP contribution is 2.24. The van der Waals surface area contributed by atoms with Crippen molar-refractivity contribution in [2.45, 2.75) is 13.3 Å². The van der Waals surface area contributed by atoms with E-state index in [4.69, 9.17) is 14.6 Å². The summed E-state index contributed by atoms with van der Waals surface area (Å²) in [6.07, 6.45) is 2.71. The van der Waals surface area contributed by atoms with E-state index in [1.54, 1.807) is 7.11 Å². The van der Waals surface area contributed by atoms with Crippen LogP contribution in [0, 0.1) is 0 Å². The first kappa shape index (κ1) is 14.2. The van der Waals surface area contributed by atoms with E-state index in [1.165, 1.54) is 0 Å². The minimum atomic E-state index is 0.0856. The number of ether oxygens (including phenoxy) is 2. The molecule has 0 radical (unpaired) electrons. The average Bonchev–Trinajstić information content (AvgIpc) is 2.34. The summed E-state index contributed by atoms with van der Waals surface area (Å²) in [5, 5.41) is 8.95. The van der Waals surface area contributed by atoms with Gasteiger partial charge in [0.05, 0.1) is 6.61 Å².